The molecule has 2 aromatic rings. The molecule has 0 saturated carbocycles. The summed E-state index contributed by atoms with van der Waals surface area (Å²) in [6, 6.07) is 10.0. The van der Waals surface area contributed by atoms with Gasteiger partial charge in [0.05, 0.1) is 12.7 Å². The zero-order valence-corrected chi connectivity index (χ0v) is 22.3. The third kappa shape index (κ3) is 6.69. The number of carbonyl (C=O) groups excluding carboxylic acids is 2. The van der Waals surface area contributed by atoms with Crippen LogP contribution in [-0.4, -0.2) is 82.3 Å². The zero-order valence-electron chi connectivity index (χ0n) is 22.3. The van der Waals surface area contributed by atoms with Crippen molar-refractivity contribution in [2.45, 2.75) is 63.8 Å². The van der Waals surface area contributed by atoms with Crippen molar-refractivity contribution in [3.8, 4) is 17.0 Å². The maximum atomic E-state index is 14.7. The lowest BCUT2D eigenvalue weighted by Crippen LogP contribution is -2.44. The van der Waals surface area contributed by atoms with Gasteiger partial charge in [0.15, 0.2) is 0 Å². The van der Waals surface area contributed by atoms with Crippen LogP contribution in [0.25, 0.3) is 11.1 Å². The highest BCUT2D eigenvalue weighted by Crippen LogP contribution is 2.27. The van der Waals surface area contributed by atoms with Gasteiger partial charge in [-0.2, -0.15) is 0 Å². The lowest BCUT2D eigenvalue weighted by atomic mass is 9.94. The van der Waals surface area contributed by atoms with Crippen molar-refractivity contribution in [3.05, 3.63) is 48.2 Å². The predicted octanol–water partition coefficient (Wildman–Crippen LogP) is 3.43. The van der Waals surface area contributed by atoms with Gasteiger partial charge in [-0.15, -0.1) is 0 Å². The van der Waals surface area contributed by atoms with Gasteiger partial charge in [0.2, 0.25) is 11.8 Å². The number of primary amides is 1. The fourth-order valence-electron chi connectivity index (χ4n) is 5.30. The first kappa shape index (κ1) is 28.0. The molecule has 2 amide bonds. The van der Waals surface area contributed by atoms with Crippen LogP contribution < -0.4 is 10.5 Å². The minimum absolute atomic E-state index is 0.0920. The monoisotopic (exact) mass is 526 g/mol. The molecule has 206 valence electrons. The second-order valence-corrected chi connectivity index (χ2v) is 10.6. The number of hydrogen-bond acceptors (Lipinski definition) is 6. The van der Waals surface area contributed by atoms with Crippen molar-refractivity contribution in [3.63, 3.8) is 0 Å². The summed E-state index contributed by atoms with van der Waals surface area (Å²) in [6.45, 7) is 6.83. The van der Waals surface area contributed by atoms with Crippen molar-refractivity contribution in [2.24, 2.45) is 11.7 Å². The highest BCUT2D eigenvalue weighted by Gasteiger charge is 2.38. The molecule has 0 radical (unpaired) electrons. The van der Waals surface area contributed by atoms with Gasteiger partial charge in [-0.25, -0.2) is 9.37 Å². The number of rotatable bonds is 10. The van der Waals surface area contributed by atoms with Crippen molar-refractivity contribution < 1.29 is 23.8 Å². The summed E-state index contributed by atoms with van der Waals surface area (Å²) >= 11 is 0. The molecule has 2 atom stereocenters. The van der Waals surface area contributed by atoms with E-state index in [1.54, 1.807) is 18.3 Å². The standard InChI is InChI=1S/C29H39FN4O4/c1-3-29(30,4-2)19-33-13-11-20(12-14-33)18-38-26-10-9-23(16-32-26)21-5-7-22(8-6-21)28(37)34-17-24(35)15-25(34)27(31)36/h5-10,16,20,24-25,35H,3-4,11-15,17-19H2,1-2H3,(H2,31,36). The van der Waals surface area contributed by atoms with Gasteiger partial charge in [0.1, 0.15) is 11.7 Å². The lowest BCUT2D eigenvalue weighted by molar-refractivity contribution is -0.121. The summed E-state index contributed by atoms with van der Waals surface area (Å²) in [5, 5.41) is 9.87. The number of aliphatic hydroxyl groups excluding tert-OH is 1. The number of piperidine rings is 1. The Bertz CT molecular complexity index is 1080. The number of pyridine rings is 1. The molecule has 0 aliphatic carbocycles. The number of halogens is 1. The van der Waals surface area contributed by atoms with E-state index in [9.17, 15) is 19.1 Å². The molecular weight excluding hydrogens is 487 g/mol. The number of aliphatic hydroxyl groups is 1. The number of aromatic nitrogens is 1. The number of nitrogens with two attached hydrogens (primary N) is 1. The van der Waals surface area contributed by atoms with Gasteiger partial charge < -0.3 is 25.4 Å². The molecule has 8 nitrogen and oxygen atoms in total. The van der Waals surface area contributed by atoms with E-state index in [4.69, 9.17) is 10.5 Å². The maximum absolute atomic E-state index is 14.7. The smallest absolute Gasteiger partial charge is 0.254 e. The summed E-state index contributed by atoms with van der Waals surface area (Å²) in [7, 11) is 0. The Labute approximate surface area is 224 Å². The van der Waals surface area contributed by atoms with Crippen LogP contribution >= 0.6 is 0 Å². The summed E-state index contributed by atoms with van der Waals surface area (Å²) in [5.41, 5.74) is 6.52. The third-order valence-electron chi connectivity index (χ3n) is 8.02. The summed E-state index contributed by atoms with van der Waals surface area (Å²) in [4.78, 5) is 32.5. The molecule has 2 fully saturated rings. The van der Waals surface area contributed by atoms with Crippen molar-refractivity contribution in [1.29, 1.82) is 0 Å². The second kappa shape index (κ2) is 12.2. The van der Waals surface area contributed by atoms with E-state index in [1.807, 2.05) is 38.1 Å². The fourth-order valence-corrected chi connectivity index (χ4v) is 5.30. The molecule has 3 heterocycles. The van der Waals surface area contributed by atoms with Gasteiger partial charge in [-0.3, -0.25) is 9.59 Å². The molecule has 3 N–H and O–H groups in total. The molecule has 0 bridgehead atoms. The Hall–Kier alpha value is -3.04. The normalized spacial score (nSPS) is 21.0. The summed E-state index contributed by atoms with van der Waals surface area (Å²) in [5.74, 6) is 0.0512. The Morgan fingerprint density at radius 3 is 2.34 bits per heavy atom. The van der Waals surface area contributed by atoms with Crippen molar-refractivity contribution >= 4 is 11.8 Å². The number of β-amino-alcohol motifs (C(OH)–C–C–N with tert-alkyl or cyclic N) is 1. The minimum Gasteiger partial charge on any atom is -0.477 e. The van der Waals surface area contributed by atoms with Crippen LogP contribution in [0.3, 0.4) is 0 Å². The molecule has 2 unspecified atom stereocenters. The van der Waals surface area contributed by atoms with E-state index in [-0.39, 0.29) is 18.9 Å². The van der Waals surface area contributed by atoms with Crippen molar-refractivity contribution in [2.75, 3.05) is 32.8 Å². The Morgan fingerprint density at radius 2 is 1.76 bits per heavy atom. The highest BCUT2D eigenvalue weighted by atomic mass is 19.1. The fraction of sp³-hybridized carbons (Fsp3) is 0.552. The van der Waals surface area contributed by atoms with Gasteiger partial charge in [0.25, 0.3) is 5.91 Å². The molecule has 1 aromatic heterocycles. The first-order valence-corrected chi connectivity index (χ1v) is 13.6. The zero-order chi connectivity index (χ0) is 27.3. The molecule has 38 heavy (non-hydrogen) atoms. The molecule has 2 saturated heterocycles. The molecule has 9 heteroatoms. The topological polar surface area (TPSA) is 109 Å². The van der Waals surface area contributed by atoms with Crippen LogP contribution in [0.2, 0.25) is 0 Å². The number of likely N-dealkylation sites (tertiary alicyclic amines) is 2. The van der Waals surface area contributed by atoms with Crippen LogP contribution in [0, 0.1) is 5.92 Å². The lowest BCUT2D eigenvalue weighted by Gasteiger charge is -2.36. The van der Waals surface area contributed by atoms with E-state index in [1.165, 1.54) is 4.90 Å². The number of alkyl halides is 1. The Morgan fingerprint density at radius 1 is 1.11 bits per heavy atom. The van der Waals surface area contributed by atoms with Crippen LogP contribution in [-0.2, 0) is 4.79 Å². The average Bonchev–Trinajstić information content (AvgIpc) is 3.34. The SMILES string of the molecule is CCC(F)(CC)CN1CCC(COc2ccc(-c3ccc(C(=O)N4CC(O)CC4C(N)=O)cc3)cn2)CC1. The first-order valence-electron chi connectivity index (χ1n) is 13.6. The quantitative estimate of drug-likeness (QED) is 0.491. The van der Waals surface area contributed by atoms with Gasteiger partial charge in [-0.1, -0.05) is 26.0 Å². The van der Waals surface area contributed by atoms with Gasteiger partial charge in [0, 0.05) is 42.9 Å². The molecule has 1 aromatic carbocycles. The van der Waals surface area contributed by atoms with Gasteiger partial charge >= 0.3 is 0 Å². The van der Waals surface area contributed by atoms with Crippen LogP contribution in [0.4, 0.5) is 4.39 Å². The third-order valence-corrected chi connectivity index (χ3v) is 8.02. The maximum Gasteiger partial charge on any atom is 0.254 e. The number of benzene rings is 1. The number of nitrogens with zero attached hydrogens (tertiary/aromatic N) is 3. The van der Waals surface area contributed by atoms with E-state index in [0.717, 1.165) is 37.1 Å². The highest BCUT2D eigenvalue weighted by molar-refractivity contribution is 5.98. The number of hydrogen-bond donors (Lipinski definition) is 2. The minimum atomic E-state index is -1.09. The second-order valence-electron chi connectivity index (χ2n) is 10.6. The molecule has 2 aliphatic rings. The molecule has 2 aliphatic heterocycles. The molecule has 4 rings (SSSR count). The number of carbonyl (C=O) groups is 2. The van der Waals surface area contributed by atoms with E-state index >= 15 is 0 Å². The van der Waals surface area contributed by atoms with E-state index in [0.29, 0.717) is 43.4 Å². The largest absolute Gasteiger partial charge is 0.477 e. The van der Waals surface area contributed by atoms with E-state index in [2.05, 4.69) is 9.88 Å². The van der Waals surface area contributed by atoms with Crippen LogP contribution in [0.1, 0.15) is 56.3 Å². The summed E-state index contributed by atoms with van der Waals surface area (Å²) < 4.78 is 20.7. The average molecular weight is 527 g/mol. The first-order chi connectivity index (χ1) is 18.2. The number of amides is 2. The Balaban J connectivity index is 1.27. The molecular formula is C29H39FN4O4. The Kier molecular flexibility index (Phi) is 8.99. The number of ether oxygens (including phenoxy) is 1. The van der Waals surface area contributed by atoms with Crippen molar-refractivity contribution in [1.82, 2.24) is 14.8 Å². The summed E-state index contributed by atoms with van der Waals surface area (Å²) in [6.07, 6.45) is 4.24. The molecule has 0 spiro atoms. The van der Waals surface area contributed by atoms with Crippen LogP contribution in [0.5, 0.6) is 5.88 Å². The van der Waals surface area contributed by atoms with E-state index < -0.39 is 23.7 Å². The van der Waals surface area contributed by atoms with Crippen LogP contribution in [0.15, 0.2) is 42.6 Å². The van der Waals surface area contributed by atoms with Gasteiger partial charge in [-0.05, 0) is 68.5 Å². The predicted molar refractivity (Wildman–Crippen MR) is 143 cm³/mol.